The predicted molar refractivity (Wildman–Crippen MR) is 102 cm³/mol. The van der Waals surface area contributed by atoms with Crippen LogP contribution in [-0.2, 0) is 0 Å². The third-order valence-corrected chi connectivity index (χ3v) is 6.58. The van der Waals surface area contributed by atoms with Crippen LogP contribution in [0.2, 0.25) is 0 Å². The molecule has 0 radical (unpaired) electrons. The van der Waals surface area contributed by atoms with Crippen LogP contribution in [0.1, 0.15) is 90.9 Å². The maximum atomic E-state index is 10.5. The Morgan fingerprint density at radius 1 is 0.958 bits per heavy atom. The molecule has 2 fully saturated rings. The molecular formula is C22H40O2. The SMILES string of the molecule is CCCCCCC[C@H]1[C@@H](O)CC[C@@H]1C=CC(O)C1CCC(C)CC1. The summed E-state index contributed by atoms with van der Waals surface area (Å²) in [6.07, 6.45) is 18.4. The van der Waals surface area contributed by atoms with Crippen LogP contribution in [0.15, 0.2) is 12.2 Å². The van der Waals surface area contributed by atoms with Gasteiger partial charge in [0.15, 0.2) is 0 Å². The van der Waals surface area contributed by atoms with E-state index in [1.165, 1.54) is 57.8 Å². The topological polar surface area (TPSA) is 40.5 Å². The van der Waals surface area contributed by atoms with Crippen molar-refractivity contribution in [2.75, 3.05) is 0 Å². The van der Waals surface area contributed by atoms with E-state index in [-0.39, 0.29) is 12.2 Å². The quantitative estimate of drug-likeness (QED) is 0.432. The normalized spacial score (nSPS) is 35.6. The summed E-state index contributed by atoms with van der Waals surface area (Å²) in [5, 5.41) is 20.8. The van der Waals surface area contributed by atoms with Gasteiger partial charge in [0.25, 0.3) is 0 Å². The first-order chi connectivity index (χ1) is 11.6. The highest BCUT2D eigenvalue weighted by atomic mass is 16.3. The molecule has 2 aliphatic rings. The van der Waals surface area contributed by atoms with Crippen molar-refractivity contribution in [2.45, 2.75) is 103 Å². The molecule has 0 heterocycles. The van der Waals surface area contributed by atoms with E-state index in [1.807, 2.05) is 0 Å². The van der Waals surface area contributed by atoms with E-state index in [0.717, 1.165) is 25.2 Å². The molecule has 24 heavy (non-hydrogen) atoms. The Bertz CT molecular complexity index is 357. The lowest BCUT2D eigenvalue weighted by atomic mass is 9.79. The van der Waals surface area contributed by atoms with Gasteiger partial charge in [-0.15, -0.1) is 0 Å². The molecule has 0 amide bonds. The Morgan fingerprint density at radius 3 is 2.38 bits per heavy atom. The average molecular weight is 337 g/mol. The van der Waals surface area contributed by atoms with Gasteiger partial charge in [0, 0.05) is 0 Å². The maximum Gasteiger partial charge on any atom is 0.0749 e. The molecule has 2 aliphatic carbocycles. The Morgan fingerprint density at radius 2 is 1.67 bits per heavy atom. The second kappa shape index (κ2) is 10.6. The Hall–Kier alpha value is -0.340. The van der Waals surface area contributed by atoms with Crippen molar-refractivity contribution < 1.29 is 10.2 Å². The number of hydrogen-bond acceptors (Lipinski definition) is 2. The molecule has 0 aliphatic heterocycles. The summed E-state index contributed by atoms with van der Waals surface area (Å²) in [6.45, 7) is 4.57. The van der Waals surface area contributed by atoms with E-state index in [9.17, 15) is 10.2 Å². The monoisotopic (exact) mass is 336 g/mol. The van der Waals surface area contributed by atoms with Crippen molar-refractivity contribution in [3.63, 3.8) is 0 Å². The fourth-order valence-electron chi connectivity index (χ4n) is 4.75. The third kappa shape index (κ3) is 6.19. The molecule has 2 N–H and O–H groups in total. The summed E-state index contributed by atoms with van der Waals surface area (Å²) in [5.41, 5.74) is 0. The zero-order valence-corrected chi connectivity index (χ0v) is 16.0. The zero-order chi connectivity index (χ0) is 17.4. The van der Waals surface area contributed by atoms with Gasteiger partial charge in [-0.2, -0.15) is 0 Å². The van der Waals surface area contributed by atoms with E-state index in [1.54, 1.807) is 0 Å². The molecule has 0 aromatic heterocycles. The van der Waals surface area contributed by atoms with Gasteiger partial charge >= 0.3 is 0 Å². The minimum absolute atomic E-state index is 0.126. The summed E-state index contributed by atoms with van der Waals surface area (Å²) in [4.78, 5) is 0. The molecule has 0 aromatic carbocycles. The largest absolute Gasteiger partial charge is 0.393 e. The third-order valence-electron chi connectivity index (χ3n) is 6.58. The van der Waals surface area contributed by atoms with Crippen LogP contribution in [0.25, 0.3) is 0 Å². The van der Waals surface area contributed by atoms with Gasteiger partial charge in [-0.1, -0.05) is 70.9 Å². The number of hydrogen-bond donors (Lipinski definition) is 2. The minimum atomic E-state index is -0.277. The summed E-state index contributed by atoms with van der Waals surface area (Å²) < 4.78 is 0. The Labute approximate surface area is 149 Å². The number of rotatable bonds is 9. The van der Waals surface area contributed by atoms with Crippen molar-refractivity contribution in [1.82, 2.24) is 0 Å². The first-order valence-electron chi connectivity index (χ1n) is 10.7. The molecule has 140 valence electrons. The Kier molecular flexibility index (Phi) is 8.83. The van der Waals surface area contributed by atoms with E-state index >= 15 is 0 Å². The van der Waals surface area contributed by atoms with Gasteiger partial charge in [-0.3, -0.25) is 0 Å². The van der Waals surface area contributed by atoms with Crippen molar-refractivity contribution in [3.8, 4) is 0 Å². The van der Waals surface area contributed by atoms with Crippen LogP contribution in [0.5, 0.6) is 0 Å². The molecule has 2 rings (SSSR count). The van der Waals surface area contributed by atoms with E-state index in [0.29, 0.717) is 17.8 Å². The van der Waals surface area contributed by atoms with Gasteiger partial charge in [0.2, 0.25) is 0 Å². The molecule has 2 saturated carbocycles. The fourth-order valence-corrected chi connectivity index (χ4v) is 4.75. The highest BCUT2D eigenvalue weighted by molar-refractivity contribution is 5.02. The second-order valence-corrected chi connectivity index (χ2v) is 8.57. The molecule has 4 atom stereocenters. The first kappa shape index (κ1) is 20.0. The number of unbranched alkanes of at least 4 members (excludes halogenated alkanes) is 4. The highest BCUT2D eigenvalue weighted by Crippen LogP contribution is 2.37. The Balaban J connectivity index is 1.76. The van der Waals surface area contributed by atoms with Crippen LogP contribution in [0, 0.1) is 23.7 Å². The van der Waals surface area contributed by atoms with Crippen molar-refractivity contribution in [2.24, 2.45) is 23.7 Å². The first-order valence-corrected chi connectivity index (χ1v) is 10.7. The molecule has 0 aromatic rings. The molecule has 2 nitrogen and oxygen atoms in total. The van der Waals surface area contributed by atoms with Crippen molar-refractivity contribution >= 4 is 0 Å². The summed E-state index contributed by atoms with van der Waals surface area (Å²) in [5.74, 6) is 2.18. The fraction of sp³-hybridized carbons (Fsp3) is 0.909. The molecule has 0 bridgehead atoms. The van der Waals surface area contributed by atoms with Crippen molar-refractivity contribution in [3.05, 3.63) is 12.2 Å². The van der Waals surface area contributed by atoms with E-state index in [2.05, 4.69) is 26.0 Å². The molecular weight excluding hydrogens is 296 g/mol. The lowest BCUT2D eigenvalue weighted by Crippen LogP contribution is -2.24. The highest BCUT2D eigenvalue weighted by Gasteiger charge is 2.33. The van der Waals surface area contributed by atoms with Gasteiger partial charge < -0.3 is 10.2 Å². The molecule has 2 heteroatoms. The number of allylic oxidation sites excluding steroid dienone is 1. The number of aliphatic hydroxyl groups excluding tert-OH is 2. The van der Waals surface area contributed by atoms with Crippen LogP contribution in [0.3, 0.4) is 0 Å². The van der Waals surface area contributed by atoms with Gasteiger partial charge in [0.05, 0.1) is 12.2 Å². The predicted octanol–water partition coefficient (Wildman–Crippen LogP) is 5.48. The van der Waals surface area contributed by atoms with E-state index in [4.69, 9.17) is 0 Å². The van der Waals surface area contributed by atoms with Crippen LogP contribution in [-0.4, -0.2) is 22.4 Å². The summed E-state index contributed by atoms with van der Waals surface area (Å²) in [6, 6.07) is 0. The minimum Gasteiger partial charge on any atom is -0.393 e. The van der Waals surface area contributed by atoms with Gasteiger partial charge in [-0.25, -0.2) is 0 Å². The standard InChI is InChI=1S/C22H40O2/c1-3-4-5-6-7-8-20-18(14-16-22(20)24)13-15-21(23)19-11-9-17(2)10-12-19/h13,15,17-24H,3-12,14,16H2,1-2H3/t17?,18-,19?,20+,21?,22-/m0/s1. The second-order valence-electron chi connectivity index (χ2n) is 8.57. The molecule has 1 unspecified atom stereocenters. The summed E-state index contributed by atoms with van der Waals surface area (Å²) in [7, 11) is 0. The maximum absolute atomic E-state index is 10.5. The van der Waals surface area contributed by atoms with Crippen LogP contribution < -0.4 is 0 Å². The van der Waals surface area contributed by atoms with Crippen LogP contribution >= 0.6 is 0 Å². The summed E-state index contributed by atoms with van der Waals surface area (Å²) >= 11 is 0. The lowest BCUT2D eigenvalue weighted by molar-refractivity contribution is 0.109. The number of aliphatic hydroxyl groups is 2. The van der Waals surface area contributed by atoms with Gasteiger partial charge in [-0.05, 0) is 55.8 Å². The van der Waals surface area contributed by atoms with Crippen LogP contribution in [0.4, 0.5) is 0 Å². The molecule has 0 saturated heterocycles. The van der Waals surface area contributed by atoms with E-state index < -0.39 is 0 Å². The van der Waals surface area contributed by atoms with Crippen molar-refractivity contribution in [1.29, 1.82) is 0 Å². The lowest BCUT2D eigenvalue weighted by Gasteiger charge is -2.28. The zero-order valence-electron chi connectivity index (χ0n) is 16.0. The average Bonchev–Trinajstić information content (AvgIpc) is 2.93. The molecule has 0 spiro atoms. The van der Waals surface area contributed by atoms with Gasteiger partial charge in [0.1, 0.15) is 0 Å². The smallest absolute Gasteiger partial charge is 0.0749 e.